The highest BCUT2D eigenvalue weighted by atomic mass is 35.5. The van der Waals surface area contributed by atoms with E-state index in [1.165, 1.54) is 10.4 Å². The molecule has 1 unspecified atom stereocenters. The zero-order valence-corrected chi connectivity index (χ0v) is 14.1. The van der Waals surface area contributed by atoms with Crippen molar-refractivity contribution in [1.82, 2.24) is 4.31 Å². The molecule has 1 aliphatic rings. The van der Waals surface area contributed by atoms with Crippen LogP contribution in [0.3, 0.4) is 0 Å². The van der Waals surface area contributed by atoms with Crippen molar-refractivity contribution in [3.63, 3.8) is 0 Å². The van der Waals surface area contributed by atoms with Gasteiger partial charge in [-0.3, -0.25) is 0 Å². The maximum atomic E-state index is 12.7. The highest BCUT2D eigenvalue weighted by Crippen LogP contribution is 2.33. The van der Waals surface area contributed by atoms with Crippen molar-refractivity contribution in [2.45, 2.75) is 23.9 Å². The van der Waals surface area contributed by atoms with E-state index in [0.29, 0.717) is 10.6 Å². The van der Waals surface area contributed by atoms with Crippen LogP contribution >= 0.6 is 35.0 Å². The van der Waals surface area contributed by atoms with Crippen molar-refractivity contribution in [3.8, 4) is 0 Å². The van der Waals surface area contributed by atoms with Crippen molar-refractivity contribution in [2.75, 3.05) is 18.6 Å². The molecule has 0 spiro atoms. The Bertz CT molecular complexity index is 602. The molecular weight excluding hydrogens is 339 g/mol. The van der Waals surface area contributed by atoms with Gasteiger partial charge >= 0.3 is 0 Å². The summed E-state index contributed by atoms with van der Waals surface area (Å²) in [6.07, 6.45) is 0.850. The smallest absolute Gasteiger partial charge is 0.244 e. The minimum absolute atomic E-state index is 0.00127. The van der Waals surface area contributed by atoms with Gasteiger partial charge in [0, 0.05) is 30.4 Å². The van der Waals surface area contributed by atoms with Gasteiger partial charge in [-0.2, -0.15) is 16.1 Å². The molecule has 0 amide bonds. The molecule has 1 aromatic carbocycles. The van der Waals surface area contributed by atoms with Crippen LogP contribution in [0.4, 0.5) is 0 Å². The molecule has 1 aliphatic heterocycles. The molecule has 1 atom stereocenters. The van der Waals surface area contributed by atoms with Crippen LogP contribution in [0.15, 0.2) is 17.0 Å². The molecule has 0 bridgehead atoms. The Morgan fingerprint density at radius 3 is 2.70 bits per heavy atom. The summed E-state index contributed by atoms with van der Waals surface area (Å²) in [4.78, 5) is 0.0338. The number of benzene rings is 1. The first-order chi connectivity index (χ1) is 9.37. The van der Waals surface area contributed by atoms with Crippen molar-refractivity contribution in [1.29, 1.82) is 0 Å². The Hall–Kier alpha value is 0.0200. The molecule has 0 aromatic heterocycles. The standard InChI is InChI=1S/C12H16Cl2N2O2S2/c1-16(10-2-3-19-7-10)20(17,18)11-5-9(13)4-8(6-15)12(11)14/h4-5,10H,2-3,6-7,15H2,1H3. The van der Waals surface area contributed by atoms with Gasteiger partial charge in [0.05, 0.1) is 5.02 Å². The van der Waals surface area contributed by atoms with Crippen LogP contribution in [0.2, 0.25) is 10.0 Å². The maximum Gasteiger partial charge on any atom is 0.244 e. The predicted octanol–water partition coefficient (Wildman–Crippen LogP) is 2.58. The predicted molar refractivity (Wildman–Crippen MR) is 85.0 cm³/mol. The number of rotatable bonds is 4. The maximum absolute atomic E-state index is 12.7. The average Bonchev–Trinajstić information content (AvgIpc) is 2.93. The Morgan fingerprint density at radius 2 is 2.15 bits per heavy atom. The van der Waals surface area contributed by atoms with E-state index in [1.54, 1.807) is 24.9 Å². The Morgan fingerprint density at radius 1 is 1.45 bits per heavy atom. The fourth-order valence-corrected chi connectivity index (χ4v) is 5.78. The fourth-order valence-electron chi connectivity index (χ4n) is 2.11. The molecule has 1 heterocycles. The summed E-state index contributed by atoms with van der Waals surface area (Å²) in [5.41, 5.74) is 6.11. The number of nitrogens with two attached hydrogens (primary N) is 1. The van der Waals surface area contributed by atoms with Crippen LogP contribution < -0.4 is 5.73 Å². The van der Waals surface area contributed by atoms with E-state index < -0.39 is 10.0 Å². The van der Waals surface area contributed by atoms with E-state index in [1.807, 2.05) is 0 Å². The summed E-state index contributed by atoms with van der Waals surface area (Å²) >= 11 is 13.9. The number of hydrogen-bond acceptors (Lipinski definition) is 4. The average molecular weight is 355 g/mol. The molecular formula is C12H16Cl2N2O2S2. The molecule has 112 valence electrons. The van der Waals surface area contributed by atoms with Crippen LogP contribution in [0.1, 0.15) is 12.0 Å². The lowest BCUT2D eigenvalue weighted by Gasteiger charge is -2.24. The lowest BCUT2D eigenvalue weighted by molar-refractivity contribution is 0.394. The molecule has 0 aliphatic carbocycles. The molecule has 1 saturated heterocycles. The first-order valence-electron chi connectivity index (χ1n) is 6.11. The normalized spacial score (nSPS) is 19.8. The lowest BCUT2D eigenvalue weighted by Crippen LogP contribution is -2.37. The Balaban J connectivity index is 2.45. The van der Waals surface area contributed by atoms with Crippen molar-refractivity contribution in [2.24, 2.45) is 5.73 Å². The minimum atomic E-state index is -3.66. The van der Waals surface area contributed by atoms with Crippen molar-refractivity contribution >= 4 is 45.0 Å². The molecule has 20 heavy (non-hydrogen) atoms. The molecule has 1 aromatic rings. The number of hydrogen-bond donors (Lipinski definition) is 1. The lowest BCUT2D eigenvalue weighted by atomic mass is 10.2. The van der Waals surface area contributed by atoms with E-state index in [2.05, 4.69) is 0 Å². The second-order valence-electron chi connectivity index (χ2n) is 4.62. The molecule has 8 heteroatoms. The molecule has 2 rings (SSSR count). The third kappa shape index (κ3) is 3.10. The van der Waals surface area contributed by atoms with Gasteiger partial charge in [-0.15, -0.1) is 0 Å². The molecule has 0 radical (unpaired) electrons. The summed E-state index contributed by atoms with van der Waals surface area (Å²) in [6.45, 7) is 0.144. The van der Waals surface area contributed by atoms with Gasteiger partial charge in [-0.1, -0.05) is 23.2 Å². The second-order valence-corrected chi connectivity index (χ2v) is 8.55. The van der Waals surface area contributed by atoms with Gasteiger partial charge < -0.3 is 5.73 Å². The minimum Gasteiger partial charge on any atom is -0.326 e. The third-order valence-electron chi connectivity index (χ3n) is 3.38. The summed E-state index contributed by atoms with van der Waals surface area (Å²) in [5.74, 6) is 1.78. The molecule has 1 fully saturated rings. The zero-order valence-electron chi connectivity index (χ0n) is 11.0. The second kappa shape index (κ2) is 6.42. The highest BCUT2D eigenvalue weighted by Gasteiger charge is 2.32. The number of nitrogens with zero attached hydrogens (tertiary/aromatic N) is 1. The molecule has 0 saturated carbocycles. The first-order valence-corrected chi connectivity index (χ1v) is 9.46. The van der Waals surface area contributed by atoms with Crippen LogP contribution in [0.5, 0.6) is 0 Å². The Labute approximate surface area is 133 Å². The summed E-state index contributed by atoms with van der Waals surface area (Å²) in [7, 11) is -2.07. The monoisotopic (exact) mass is 354 g/mol. The fraction of sp³-hybridized carbons (Fsp3) is 0.500. The van der Waals surface area contributed by atoms with Gasteiger partial charge in [-0.05, 0) is 29.9 Å². The third-order valence-corrected chi connectivity index (χ3v) is 7.23. The van der Waals surface area contributed by atoms with Gasteiger partial charge in [0.2, 0.25) is 10.0 Å². The number of thioether (sulfide) groups is 1. The van der Waals surface area contributed by atoms with Crippen LogP contribution in [0, 0.1) is 0 Å². The molecule has 4 nitrogen and oxygen atoms in total. The zero-order chi connectivity index (χ0) is 14.9. The van der Waals surface area contributed by atoms with Gasteiger partial charge in [0.1, 0.15) is 4.90 Å². The van der Waals surface area contributed by atoms with E-state index in [4.69, 9.17) is 28.9 Å². The van der Waals surface area contributed by atoms with Gasteiger partial charge in [-0.25, -0.2) is 8.42 Å². The van der Waals surface area contributed by atoms with Crippen LogP contribution in [0.25, 0.3) is 0 Å². The van der Waals surface area contributed by atoms with Crippen LogP contribution in [-0.2, 0) is 16.6 Å². The quantitative estimate of drug-likeness (QED) is 0.902. The van der Waals surface area contributed by atoms with Crippen molar-refractivity contribution < 1.29 is 8.42 Å². The number of halogens is 2. The van der Waals surface area contributed by atoms with E-state index in [9.17, 15) is 8.42 Å². The van der Waals surface area contributed by atoms with Crippen molar-refractivity contribution in [3.05, 3.63) is 27.7 Å². The highest BCUT2D eigenvalue weighted by molar-refractivity contribution is 7.99. The topological polar surface area (TPSA) is 63.4 Å². The summed E-state index contributed by atoms with van der Waals surface area (Å²) in [6, 6.07) is 2.98. The van der Waals surface area contributed by atoms with Gasteiger partial charge in [0.25, 0.3) is 0 Å². The number of sulfonamides is 1. The first kappa shape index (κ1) is 16.4. The van der Waals surface area contributed by atoms with Gasteiger partial charge in [0.15, 0.2) is 0 Å². The Kier molecular flexibility index (Phi) is 5.26. The van der Waals surface area contributed by atoms with E-state index in [0.717, 1.165) is 17.9 Å². The van der Waals surface area contributed by atoms with Crippen LogP contribution in [-0.4, -0.2) is 37.3 Å². The van der Waals surface area contributed by atoms with E-state index >= 15 is 0 Å². The largest absolute Gasteiger partial charge is 0.326 e. The summed E-state index contributed by atoms with van der Waals surface area (Å²) < 4.78 is 26.8. The molecule has 2 N–H and O–H groups in total. The summed E-state index contributed by atoms with van der Waals surface area (Å²) in [5, 5.41) is 0.483. The van der Waals surface area contributed by atoms with E-state index in [-0.39, 0.29) is 22.5 Å². The SMILES string of the molecule is CN(C1CCSC1)S(=O)(=O)c1cc(Cl)cc(CN)c1Cl.